The second-order valence-corrected chi connectivity index (χ2v) is 5.58. The molecule has 0 saturated heterocycles. The molecule has 0 unspecified atom stereocenters. The number of carbonyl (C=O) groups is 1. The third-order valence-electron chi connectivity index (χ3n) is 3.95. The molecule has 0 heterocycles. The lowest BCUT2D eigenvalue weighted by Gasteiger charge is -2.15. The standard InChI is InChI=1S/C19H22N2O8/c1-6-29-15-10-13(21(23)24)12(9-14(15)25-2)19(22)20-11-7-16(26-3)18(28-5)17(8-11)27-4/h7-10H,6H2,1-5H3,(H,20,22). The minimum absolute atomic E-state index is 0.172. The minimum Gasteiger partial charge on any atom is -0.493 e. The molecular formula is C19H22N2O8. The number of nitro benzene ring substituents is 1. The Balaban J connectivity index is 2.48. The van der Waals surface area contributed by atoms with E-state index in [-0.39, 0.29) is 23.7 Å². The van der Waals surface area contributed by atoms with E-state index in [0.717, 1.165) is 6.07 Å². The van der Waals surface area contributed by atoms with Gasteiger partial charge in [-0.25, -0.2) is 0 Å². The first-order valence-electron chi connectivity index (χ1n) is 8.50. The number of benzene rings is 2. The van der Waals surface area contributed by atoms with E-state index in [1.54, 1.807) is 6.92 Å². The molecule has 0 atom stereocenters. The second kappa shape index (κ2) is 9.49. The van der Waals surface area contributed by atoms with Crippen LogP contribution >= 0.6 is 0 Å². The number of hydrogen-bond donors (Lipinski definition) is 1. The van der Waals surface area contributed by atoms with Crippen molar-refractivity contribution < 1.29 is 33.4 Å². The lowest BCUT2D eigenvalue weighted by molar-refractivity contribution is -0.385. The van der Waals surface area contributed by atoms with Crippen molar-refractivity contribution in [2.45, 2.75) is 6.92 Å². The molecule has 10 nitrogen and oxygen atoms in total. The van der Waals surface area contributed by atoms with Crippen LogP contribution < -0.4 is 29.0 Å². The molecule has 0 aliphatic carbocycles. The van der Waals surface area contributed by atoms with Crippen molar-refractivity contribution in [2.75, 3.05) is 40.4 Å². The maximum absolute atomic E-state index is 12.8. The maximum Gasteiger partial charge on any atom is 0.286 e. The number of methoxy groups -OCH3 is 4. The van der Waals surface area contributed by atoms with Gasteiger partial charge in [0.05, 0.1) is 46.0 Å². The van der Waals surface area contributed by atoms with Crippen LogP contribution in [0.25, 0.3) is 0 Å². The number of ether oxygens (including phenoxy) is 5. The Morgan fingerprint density at radius 3 is 1.97 bits per heavy atom. The highest BCUT2D eigenvalue weighted by Gasteiger charge is 2.25. The summed E-state index contributed by atoms with van der Waals surface area (Å²) >= 11 is 0. The zero-order valence-corrected chi connectivity index (χ0v) is 16.7. The van der Waals surface area contributed by atoms with Gasteiger partial charge in [0.2, 0.25) is 5.75 Å². The third kappa shape index (κ3) is 4.60. The van der Waals surface area contributed by atoms with E-state index in [1.807, 2.05) is 0 Å². The highest BCUT2D eigenvalue weighted by atomic mass is 16.6. The largest absolute Gasteiger partial charge is 0.493 e. The Morgan fingerprint density at radius 1 is 0.931 bits per heavy atom. The summed E-state index contributed by atoms with van der Waals surface area (Å²) < 4.78 is 26.3. The first-order chi connectivity index (χ1) is 13.9. The van der Waals surface area contributed by atoms with Crippen LogP contribution in [0.3, 0.4) is 0 Å². The van der Waals surface area contributed by atoms with Crippen LogP contribution in [-0.2, 0) is 0 Å². The molecule has 0 spiro atoms. The fraction of sp³-hybridized carbons (Fsp3) is 0.316. The molecule has 10 heteroatoms. The molecule has 29 heavy (non-hydrogen) atoms. The number of anilines is 1. The number of carbonyl (C=O) groups excluding carboxylic acids is 1. The van der Waals surface area contributed by atoms with E-state index in [4.69, 9.17) is 23.7 Å². The van der Waals surface area contributed by atoms with Gasteiger partial charge in [-0.1, -0.05) is 0 Å². The van der Waals surface area contributed by atoms with E-state index in [2.05, 4.69) is 5.32 Å². The van der Waals surface area contributed by atoms with E-state index in [9.17, 15) is 14.9 Å². The van der Waals surface area contributed by atoms with Crippen LogP contribution in [0.5, 0.6) is 28.7 Å². The van der Waals surface area contributed by atoms with Crippen molar-refractivity contribution in [1.82, 2.24) is 0 Å². The fourth-order valence-electron chi connectivity index (χ4n) is 2.66. The summed E-state index contributed by atoms with van der Waals surface area (Å²) in [7, 11) is 5.70. The van der Waals surface area contributed by atoms with Gasteiger partial charge >= 0.3 is 0 Å². The van der Waals surface area contributed by atoms with E-state index in [0.29, 0.717) is 22.9 Å². The molecule has 0 fully saturated rings. The van der Waals surface area contributed by atoms with Crippen LogP contribution in [0, 0.1) is 10.1 Å². The van der Waals surface area contributed by atoms with E-state index >= 15 is 0 Å². The van der Waals surface area contributed by atoms with Crippen molar-refractivity contribution >= 4 is 17.3 Å². The Labute approximate surface area is 167 Å². The molecule has 0 aliphatic heterocycles. The van der Waals surface area contributed by atoms with Crippen molar-refractivity contribution in [2.24, 2.45) is 0 Å². The number of rotatable bonds is 9. The Hall–Kier alpha value is -3.69. The van der Waals surface area contributed by atoms with Crippen LogP contribution in [0.2, 0.25) is 0 Å². The molecule has 1 N–H and O–H groups in total. The normalized spacial score (nSPS) is 10.1. The zero-order valence-electron chi connectivity index (χ0n) is 16.7. The molecule has 0 radical (unpaired) electrons. The zero-order chi connectivity index (χ0) is 21.6. The average Bonchev–Trinajstić information content (AvgIpc) is 2.72. The average molecular weight is 406 g/mol. The molecule has 0 aromatic heterocycles. The number of nitro groups is 1. The van der Waals surface area contributed by atoms with Crippen LogP contribution in [0.15, 0.2) is 24.3 Å². The summed E-state index contributed by atoms with van der Waals surface area (Å²) in [6.45, 7) is 2.01. The van der Waals surface area contributed by atoms with Crippen molar-refractivity contribution in [1.29, 1.82) is 0 Å². The van der Waals surface area contributed by atoms with Gasteiger partial charge in [0, 0.05) is 23.9 Å². The first-order valence-corrected chi connectivity index (χ1v) is 8.50. The molecule has 0 aliphatic rings. The van der Waals surface area contributed by atoms with Gasteiger partial charge in [-0.2, -0.15) is 0 Å². The monoisotopic (exact) mass is 406 g/mol. The molecule has 2 aromatic carbocycles. The van der Waals surface area contributed by atoms with Gasteiger partial charge in [0.15, 0.2) is 23.0 Å². The molecule has 2 rings (SSSR count). The van der Waals surface area contributed by atoms with Crippen LogP contribution in [0.1, 0.15) is 17.3 Å². The molecule has 0 saturated carbocycles. The summed E-state index contributed by atoms with van der Waals surface area (Å²) in [6.07, 6.45) is 0. The van der Waals surface area contributed by atoms with Gasteiger partial charge in [-0.05, 0) is 6.92 Å². The minimum atomic E-state index is -0.715. The molecular weight excluding hydrogens is 384 g/mol. The third-order valence-corrected chi connectivity index (χ3v) is 3.95. The molecule has 0 bridgehead atoms. The highest BCUT2D eigenvalue weighted by molar-refractivity contribution is 6.07. The predicted octanol–water partition coefficient (Wildman–Crippen LogP) is 3.28. The summed E-state index contributed by atoms with van der Waals surface area (Å²) in [5.41, 5.74) is -0.310. The Morgan fingerprint density at radius 2 is 1.52 bits per heavy atom. The lowest BCUT2D eigenvalue weighted by Crippen LogP contribution is -2.15. The van der Waals surface area contributed by atoms with Crippen LogP contribution in [0.4, 0.5) is 11.4 Å². The summed E-state index contributed by atoms with van der Waals surface area (Å²) in [4.78, 5) is 23.6. The first kappa shape index (κ1) is 21.6. The van der Waals surface area contributed by atoms with Gasteiger partial charge in [0.25, 0.3) is 11.6 Å². The highest BCUT2D eigenvalue weighted by Crippen LogP contribution is 2.40. The summed E-state index contributed by atoms with van der Waals surface area (Å²) in [5, 5.41) is 14.1. The molecule has 1 amide bonds. The SMILES string of the molecule is CCOc1cc([N+](=O)[O-])c(C(=O)Nc2cc(OC)c(OC)c(OC)c2)cc1OC. The quantitative estimate of drug-likeness (QED) is 0.498. The Bertz CT molecular complexity index is 888. The lowest BCUT2D eigenvalue weighted by atomic mass is 10.1. The number of amides is 1. The van der Waals surface area contributed by atoms with Crippen LogP contribution in [-0.4, -0.2) is 45.9 Å². The smallest absolute Gasteiger partial charge is 0.286 e. The maximum atomic E-state index is 12.8. The molecule has 2 aromatic rings. The predicted molar refractivity (Wildman–Crippen MR) is 105 cm³/mol. The second-order valence-electron chi connectivity index (χ2n) is 5.58. The van der Waals surface area contributed by atoms with Gasteiger partial charge in [-0.15, -0.1) is 0 Å². The summed E-state index contributed by atoms with van der Waals surface area (Å²) in [6, 6.07) is 5.44. The summed E-state index contributed by atoms with van der Waals surface area (Å²) in [5.74, 6) is 0.648. The molecule has 156 valence electrons. The van der Waals surface area contributed by atoms with Gasteiger partial charge < -0.3 is 29.0 Å². The number of hydrogen-bond acceptors (Lipinski definition) is 8. The van der Waals surface area contributed by atoms with E-state index < -0.39 is 16.5 Å². The van der Waals surface area contributed by atoms with Crippen molar-refractivity contribution in [3.63, 3.8) is 0 Å². The number of nitrogens with zero attached hydrogens (tertiary/aromatic N) is 1. The van der Waals surface area contributed by atoms with Gasteiger partial charge in [-0.3, -0.25) is 14.9 Å². The van der Waals surface area contributed by atoms with Gasteiger partial charge in [0.1, 0.15) is 5.56 Å². The van der Waals surface area contributed by atoms with Crippen molar-refractivity contribution in [3.8, 4) is 28.7 Å². The number of nitrogens with one attached hydrogen (secondary N) is 1. The Kier molecular flexibility index (Phi) is 7.07. The topological polar surface area (TPSA) is 118 Å². The fourth-order valence-corrected chi connectivity index (χ4v) is 2.66. The van der Waals surface area contributed by atoms with E-state index in [1.165, 1.54) is 46.6 Å². The van der Waals surface area contributed by atoms with Crippen molar-refractivity contribution in [3.05, 3.63) is 39.9 Å².